The summed E-state index contributed by atoms with van der Waals surface area (Å²) in [7, 11) is 0. The number of hydrogen-bond donors (Lipinski definition) is 0. The van der Waals surface area contributed by atoms with Gasteiger partial charge >= 0.3 is 0 Å². The fourth-order valence-corrected chi connectivity index (χ4v) is 9.80. The zero-order chi connectivity index (χ0) is 37.9. The third-order valence-electron chi connectivity index (χ3n) is 12.2. The first-order valence-electron chi connectivity index (χ1n) is 19.8. The fourth-order valence-electron chi connectivity index (χ4n) is 9.80. The van der Waals surface area contributed by atoms with Gasteiger partial charge in [-0.3, -0.25) is 0 Å². The number of rotatable bonds is 4. The molecule has 0 aliphatic heterocycles. The standard InChI is InChI=1S/C54H33N3O/c1-7-21-46-39(14-1)40-15-2-8-22-47(40)56(46)36-30-34(31-37(32-36)57-48-23-9-3-16-41(48)42-17-4-10-24-49(42)57)38-20-13-26-51-54(38)44-19-5-11-25-50(44)55(51)35-28-29-53-45(33-35)43-18-6-12-27-52(43)58-53/h1-33H. The van der Waals surface area contributed by atoms with Crippen molar-refractivity contribution in [1.82, 2.24) is 13.7 Å². The smallest absolute Gasteiger partial charge is 0.135 e. The molecule has 0 fully saturated rings. The highest BCUT2D eigenvalue weighted by molar-refractivity contribution is 6.17. The van der Waals surface area contributed by atoms with Crippen LogP contribution in [-0.2, 0) is 0 Å². The van der Waals surface area contributed by atoms with Crippen LogP contribution in [0.3, 0.4) is 0 Å². The molecule has 0 aliphatic rings. The molecule has 0 aliphatic carbocycles. The molecular formula is C54H33N3O. The topological polar surface area (TPSA) is 27.9 Å². The van der Waals surface area contributed by atoms with Crippen LogP contribution in [0.15, 0.2) is 205 Å². The van der Waals surface area contributed by atoms with E-state index in [0.717, 1.165) is 50.1 Å². The van der Waals surface area contributed by atoms with E-state index in [1.165, 1.54) is 65.5 Å². The Bertz CT molecular complexity index is 3580. The van der Waals surface area contributed by atoms with Crippen molar-refractivity contribution in [2.75, 3.05) is 0 Å². The summed E-state index contributed by atoms with van der Waals surface area (Å²) >= 11 is 0. The second kappa shape index (κ2) is 11.8. The SMILES string of the molecule is c1ccc2c(c1)oc1ccc(-n3c4ccccc4c4c(-c5cc(-n6c7ccccc7c7ccccc76)cc(-n6c7ccccc7c7ccccc76)c5)cccc43)cc12. The zero-order valence-corrected chi connectivity index (χ0v) is 31.3. The van der Waals surface area contributed by atoms with Crippen LogP contribution in [0.4, 0.5) is 0 Å². The lowest BCUT2D eigenvalue weighted by Crippen LogP contribution is -2.00. The lowest BCUT2D eigenvalue weighted by atomic mass is 9.98. The van der Waals surface area contributed by atoms with Crippen LogP contribution >= 0.6 is 0 Å². The minimum atomic E-state index is 0.894. The van der Waals surface area contributed by atoms with Gasteiger partial charge in [-0.15, -0.1) is 0 Å². The zero-order valence-electron chi connectivity index (χ0n) is 31.3. The predicted molar refractivity (Wildman–Crippen MR) is 242 cm³/mol. The number of nitrogens with zero attached hydrogens (tertiary/aromatic N) is 3. The van der Waals surface area contributed by atoms with Crippen molar-refractivity contribution < 1.29 is 4.42 Å². The van der Waals surface area contributed by atoms with Gasteiger partial charge in [-0.05, 0) is 90.0 Å². The van der Waals surface area contributed by atoms with E-state index in [9.17, 15) is 0 Å². The average Bonchev–Trinajstić information content (AvgIpc) is 4.02. The van der Waals surface area contributed by atoms with Crippen molar-refractivity contribution in [3.63, 3.8) is 0 Å². The summed E-state index contributed by atoms with van der Waals surface area (Å²) in [5.41, 5.74) is 14.5. The highest BCUT2D eigenvalue weighted by Gasteiger charge is 2.21. The quantitative estimate of drug-likeness (QED) is 0.177. The number of para-hydroxylation sites is 6. The molecular weight excluding hydrogens is 707 g/mol. The first kappa shape index (κ1) is 31.4. The van der Waals surface area contributed by atoms with Crippen LogP contribution in [0.2, 0.25) is 0 Å². The number of hydrogen-bond acceptors (Lipinski definition) is 1. The Hall–Kier alpha value is -7.82. The molecule has 0 saturated heterocycles. The van der Waals surface area contributed by atoms with Crippen molar-refractivity contribution >= 4 is 87.4 Å². The summed E-state index contributed by atoms with van der Waals surface area (Å²) in [5.74, 6) is 0. The average molecular weight is 740 g/mol. The summed E-state index contributed by atoms with van der Waals surface area (Å²) in [4.78, 5) is 0. The van der Waals surface area contributed by atoms with Crippen molar-refractivity contribution in [2.24, 2.45) is 0 Å². The minimum absolute atomic E-state index is 0.894. The monoisotopic (exact) mass is 739 g/mol. The van der Waals surface area contributed by atoms with E-state index in [1.807, 2.05) is 12.1 Å². The van der Waals surface area contributed by atoms with E-state index in [-0.39, 0.29) is 0 Å². The highest BCUT2D eigenvalue weighted by atomic mass is 16.3. The third-order valence-corrected chi connectivity index (χ3v) is 12.2. The third kappa shape index (κ3) is 4.34. The van der Waals surface area contributed by atoms with Crippen LogP contribution in [0.5, 0.6) is 0 Å². The number of benzene rings is 9. The van der Waals surface area contributed by atoms with E-state index in [1.54, 1.807) is 0 Å². The molecule has 4 nitrogen and oxygen atoms in total. The van der Waals surface area contributed by atoms with Gasteiger partial charge in [-0.2, -0.15) is 0 Å². The predicted octanol–water partition coefficient (Wildman–Crippen LogP) is 14.5. The molecule has 9 aromatic carbocycles. The maximum Gasteiger partial charge on any atom is 0.135 e. The number of aromatic nitrogens is 3. The van der Waals surface area contributed by atoms with E-state index < -0.39 is 0 Å². The van der Waals surface area contributed by atoms with Crippen LogP contribution < -0.4 is 0 Å². The first-order chi connectivity index (χ1) is 28.8. The number of fused-ring (bicyclic) bond motifs is 12. The van der Waals surface area contributed by atoms with Crippen LogP contribution in [0, 0.1) is 0 Å². The van der Waals surface area contributed by atoms with Gasteiger partial charge in [0.25, 0.3) is 0 Å². The normalized spacial score (nSPS) is 12.1. The second-order valence-corrected chi connectivity index (χ2v) is 15.3. The van der Waals surface area contributed by atoms with E-state index in [2.05, 4.69) is 202 Å². The maximum atomic E-state index is 6.25. The van der Waals surface area contributed by atoms with Gasteiger partial charge in [0.05, 0.1) is 33.1 Å². The summed E-state index contributed by atoms with van der Waals surface area (Å²) in [6.07, 6.45) is 0. The molecule has 4 heterocycles. The molecule has 0 radical (unpaired) electrons. The molecule has 0 spiro atoms. The molecule has 13 rings (SSSR count). The molecule has 0 saturated carbocycles. The minimum Gasteiger partial charge on any atom is -0.456 e. The molecule has 0 atom stereocenters. The lowest BCUT2D eigenvalue weighted by Gasteiger charge is -2.16. The van der Waals surface area contributed by atoms with Crippen LogP contribution in [-0.4, -0.2) is 13.7 Å². The Kier molecular flexibility index (Phi) is 6.41. The van der Waals surface area contributed by atoms with Gasteiger partial charge in [-0.25, -0.2) is 0 Å². The van der Waals surface area contributed by atoms with Gasteiger partial charge < -0.3 is 18.1 Å². The summed E-state index contributed by atoms with van der Waals surface area (Å²) < 4.78 is 13.6. The first-order valence-corrected chi connectivity index (χ1v) is 19.8. The highest BCUT2D eigenvalue weighted by Crippen LogP contribution is 2.43. The second-order valence-electron chi connectivity index (χ2n) is 15.3. The van der Waals surface area contributed by atoms with Crippen molar-refractivity contribution in [2.45, 2.75) is 0 Å². The fraction of sp³-hybridized carbons (Fsp3) is 0. The van der Waals surface area contributed by atoms with Gasteiger partial charge in [0, 0.05) is 60.2 Å². The van der Waals surface area contributed by atoms with Gasteiger partial charge in [0.1, 0.15) is 11.2 Å². The Morgan fingerprint density at radius 1 is 0.276 bits per heavy atom. The molecule has 270 valence electrons. The maximum absolute atomic E-state index is 6.25. The molecule has 0 N–H and O–H groups in total. The van der Waals surface area contributed by atoms with E-state index in [0.29, 0.717) is 0 Å². The van der Waals surface area contributed by atoms with Gasteiger partial charge in [-0.1, -0.05) is 121 Å². The lowest BCUT2D eigenvalue weighted by molar-refractivity contribution is 0.669. The Balaban J connectivity index is 1.13. The molecule has 0 bridgehead atoms. The van der Waals surface area contributed by atoms with Crippen molar-refractivity contribution in [3.8, 4) is 28.2 Å². The Morgan fingerprint density at radius 2 is 0.707 bits per heavy atom. The molecule has 4 aromatic heterocycles. The summed E-state index contributed by atoms with van der Waals surface area (Å²) in [5, 5.41) is 9.66. The molecule has 0 amide bonds. The van der Waals surface area contributed by atoms with Gasteiger partial charge in [0.2, 0.25) is 0 Å². The van der Waals surface area contributed by atoms with Crippen molar-refractivity contribution in [3.05, 3.63) is 200 Å². The molecule has 4 heteroatoms. The van der Waals surface area contributed by atoms with Crippen LogP contribution in [0.25, 0.3) is 116 Å². The Labute approximate surface area is 332 Å². The number of furan rings is 1. The van der Waals surface area contributed by atoms with E-state index >= 15 is 0 Å². The molecule has 58 heavy (non-hydrogen) atoms. The Morgan fingerprint density at radius 3 is 1.28 bits per heavy atom. The molecule has 13 aromatic rings. The summed E-state index contributed by atoms with van der Waals surface area (Å²) in [6.45, 7) is 0. The van der Waals surface area contributed by atoms with E-state index in [4.69, 9.17) is 4.42 Å². The summed E-state index contributed by atoms with van der Waals surface area (Å²) in [6, 6.07) is 72.7. The van der Waals surface area contributed by atoms with Crippen LogP contribution in [0.1, 0.15) is 0 Å². The largest absolute Gasteiger partial charge is 0.456 e. The molecule has 0 unspecified atom stereocenters. The van der Waals surface area contributed by atoms with Crippen molar-refractivity contribution in [1.29, 1.82) is 0 Å². The van der Waals surface area contributed by atoms with Gasteiger partial charge in [0.15, 0.2) is 0 Å².